The molecule has 2 N–H and O–H groups in total. The van der Waals surface area contributed by atoms with Crippen LogP contribution in [0.3, 0.4) is 0 Å². The molecule has 1 aliphatic rings. The second-order valence-electron chi connectivity index (χ2n) is 6.10. The molecule has 7 heteroatoms. The van der Waals surface area contributed by atoms with Gasteiger partial charge < -0.3 is 5.32 Å². The predicted molar refractivity (Wildman–Crippen MR) is 101 cm³/mol. The molecule has 0 heterocycles. The van der Waals surface area contributed by atoms with E-state index in [1.165, 1.54) is 0 Å². The number of rotatable bonds is 7. The number of benzene rings is 2. The van der Waals surface area contributed by atoms with Gasteiger partial charge in [-0.1, -0.05) is 34.1 Å². The number of amides is 1. The fourth-order valence-corrected chi connectivity index (χ4v) is 4.08. The Labute approximate surface area is 156 Å². The number of hydrogen-bond donors (Lipinski definition) is 2. The van der Waals surface area contributed by atoms with Crippen LogP contribution in [0.2, 0.25) is 0 Å². The summed E-state index contributed by atoms with van der Waals surface area (Å²) in [4.78, 5) is 12.3. The van der Waals surface area contributed by atoms with Crippen molar-refractivity contribution in [2.45, 2.75) is 36.6 Å². The molecule has 132 valence electrons. The highest BCUT2D eigenvalue weighted by molar-refractivity contribution is 9.10. The summed E-state index contributed by atoms with van der Waals surface area (Å²) in [5.74, 6) is -0.0785. The monoisotopic (exact) mass is 422 g/mol. The summed E-state index contributed by atoms with van der Waals surface area (Å²) < 4.78 is 27.8. The van der Waals surface area contributed by atoms with Gasteiger partial charge in [0.15, 0.2) is 0 Å². The van der Waals surface area contributed by atoms with Crippen molar-refractivity contribution in [3.8, 4) is 0 Å². The van der Waals surface area contributed by atoms with E-state index in [-0.39, 0.29) is 16.8 Å². The Balaban J connectivity index is 1.53. The minimum Gasteiger partial charge on any atom is -0.326 e. The second-order valence-corrected chi connectivity index (χ2v) is 8.73. The van der Waals surface area contributed by atoms with E-state index in [0.717, 1.165) is 28.6 Å². The van der Waals surface area contributed by atoms with Crippen molar-refractivity contribution < 1.29 is 13.2 Å². The molecule has 0 saturated heterocycles. The Bertz CT molecular complexity index is 862. The van der Waals surface area contributed by atoms with Crippen LogP contribution in [0.4, 0.5) is 5.69 Å². The average molecular weight is 423 g/mol. The Kier molecular flexibility index (Phi) is 5.56. The number of carbonyl (C=O) groups excluding carboxylic acids is 1. The smallest absolute Gasteiger partial charge is 0.240 e. The van der Waals surface area contributed by atoms with Crippen molar-refractivity contribution in [1.29, 1.82) is 0 Å². The van der Waals surface area contributed by atoms with E-state index < -0.39 is 10.0 Å². The molecule has 0 radical (unpaired) electrons. The first-order valence-corrected chi connectivity index (χ1v) is 10.4. The molecule has 0 aliphatic heterocycles. The van der Waals surface area contributed by atoms with Crippen molar-refractivity contribution in [1.82, 2.24) is 4.72 Å². The van der Waals surface area contributed by atoms with Crippen molar-refractivity contribution in [2.24, 2.45) is 0 Å². The summed E-state index contributed by atoms with van der Waals surface area (Å²) in [6, 6.07) is 14.2. The fourth-order valence-electron chi connectivity index (χ4n) is 2.37. The largest absolute Gasteiger partial charge is 0.326 e. The van der Waals surface area contributed by atoms with Crippen LogP contribution >= 0.6 is 15.9 Å². The number of hydrogen-bond acceptors (Lipinski definition) is 3. The molecule has 0 aromatic heterocycles. The molecule has 0 bridgehead atoms. The van der Waals surface area contributed by atoms with E-state index in [2.05, 4.69) is 26.0 Å². The molecule has 1 fully saturated rings. The normalized spacial score (nSPS) is 14.3. The average Bonchev–Trinajstić information content (AvgIpc) is 3.37. The van der Waals surface area contributed by atoms with Gasteiger partial charge in [0.1, 0.15) is 0 Å². The van der Waals surface area contributed by atoms with Crippen LogP contribution in [0, 0.1) is 0 Å². The van der Waals surface area contributed by atoms with Gasteiger partial charge in [0.2, 0.25) is 15.9 Å². The molecular formula is C18H19BrN2O3S. The summed E-state index contributed by atoms with van der Waals surface area (Å²) in [6.07, 6.45) is 2.70. The van der Waals surface area contributed by atoms with Crippen molar-refractivity contribution in [3.05, 3.63) is 58.6 Å². The van der Waals surface area contributed by atoms with Crippen LogP contribution in [-0.2, 0) is 21.2 Å². The molecular weight excluding hydrogens is 404 g/mol. The van der Waals surface area contributed by atoms with Crippen LogP contribution in [-0.4, -0.2) is 20.4 Å². The summed E-state index contributed by atoms with van der Waals surface area (Å²) in [5, 5.41) is 2.84. The van der Waals surface area contributed by atoms with Crippen LogP contribution < -0.4 is 10.0 Å². The quantitative estimate of drug-likeness (QED) is 0.716. The highest BCUT2D eigenvalue weighted by atomic mass is 79.9. The zero-order valence-electron chi connectivity index (χ0n) is 13.5. The molecule has 5 nitrogen and oxygen atoms in total. The van der Waals surface area contributed by atoms with E-state index in [1.807, 2.05) is 24.3 Å². The summed E-state index contributed by atoms with van der Waals surface area (Å²) >= 11 is 3.36. The Morgan fingerprint density at radius 1 is 1.12 bits per heavy atom. The molecule has 2 aromatic rings. The minimum absolute atomic E-state index is 0.0785. The highest BCUT2D eigenvalue weighted by Gasteiger charge is 2.27. The van der Waals surface area contributed by atoms with Gasteiger partial charge in [-0.25, -0.2) is 13.1 Å². The number of anilines is 1. The maximum atomic E-state index is 12.1. The van der Waals surface area contributed by atoms with Crippen LogP contribution in [0.5, 0.6) is 0 Å². The van der Waals surface area contributed by atoms with Crippen LogP contribution in [0.25, 0.3) is 0 Å². The Morgan fingerprint density at radius 2 is 1.84 bits per heavy atom. The lowest BCUT2D eigenvalue weighted by molar-refractivity contribution is -0.116. The number of nitrogens with one attached hydrogen (secondary N) is 2. The molecule has 1 aliphatic carbocycles. The third-order valence-corrected chi connectivity index (χ3v) is 5.91. The van der Waals surface area contributed by atoms with Crippen molar-refractivity contribution in [2.75, 3.05) is 5.32 Å². The highest BCUT2D eigenvalue weighted by Crippen LogP contribution is 2.22. The lowest BCUT2D eigenvalue weighted by Gasteiger charge is -2.08. The fraction of sp³-hybridized carbons (Fsp3) is 0.278. The van der Waals surface area contributed by atoms with E-state index in [0.29, 0.717) is 12.8 Å². The van der Waals surface area contributed by atoms with Crippen LogP contribution in [0.15, 0.2) is 57.9 Å². The Hall–Kier alpha value is -1.70. The second kappa shape index (κ2) is 7.68. The molecule has 1 amide bonds. The van der Waals surface area contributed by atoms with Crippen LogP contribution in [0.1, 0.15) is 24.8 Å². The third-order valence-electron chi connectivity index (χ3n) is 3.88. The van der Waals surface area contributed by atoms with Gasteiger partial charge in [0, 0.05) is 22.6 Å². The molecule has 25 heavy (non-hydrogen) atoms. The molecule has 2 aromatic carbocycles. The summed E-state index contributed by atoms with van der Waals surface area (Å²) in [7, 11) is -3.42. The lowest BCUT2D eigenvalue weighted by Crippen LogP contribution is -2.25. The zero-order valence-corrected chi connectivity index (χ0v) is 15.9. The lowest BCUT2D eigenvalue weighted by atomic mass is 10.1. The number of aryl methyl sites for hydroxylation is 1. The van der Waals surface area contributed by atoms with Gasteiger partial charge in [-0.05, 0) is 55.2 Å². The van der Waals surface area contributed by atoms with Gasteiger partial charge in [0.25, 0.3) is 0 Å². The van der Waals surface area contributed by atoms with Gasteiger partial charge in [-0.3, -0.25) is 4.79 Å². The first-order chi connectivity index (χ1) is 11.9. The molecule has 0 atom stereocenters. The SMILES string of the molecule is O=C(CCc1ccc(S(=O)(=O)NC2CC2)cc1)Nc1cccc(Br)c1. The van der Waals surface area contributed by atoms with Crippen molar-refractivity contribution in [3.63, 3.8) is 0 Å². The number of carbonyl (C=O) groups is 1. The van der Waals surface area contributed by atoms with E-state index in [4.69, 9.17) is 0 Å². The summed E-state index contributed by atoms with van der Waals surface area (Å²) in [6.45, 7) is 0. The van der Waals surface area contributed by atoms with E-state index in [9.17, 15) is 13.2 Å². The zero-order chi connectivity index (χ0) is 17.9. The van der Waals surface area contributed by atoms with Gasteiger partial charge in [-0.2, -0.15) is 0 Å². The maximum Gasteiger partial charge on any atom is 0.240 e. The maximum absolute atomic E-state index is 12.1. The predicted octanol–water partition coefficient (Wildman–Crippen LogP) is 3.46. The minimum atomic E-state index is -3.42. The molecule has 0 spiro atoms. The number of sulfonamides is 1. The summed E-state index contributed by atoms with van der Waals surface area (Å²) in [5.41, 5.74) is 1.67. The van der Waals surface area contributed by atoms with Gasteiger partial charge in [0.05, 0.1) is 4.90 Å². The van der Waals surface area contributed by atoms with E-state index >= 15 is 0 Å². The molecule has 1 saturated carbocycles. The molecule has 0 unspecified atom stereocenters. The standard InChI is InChI=1S/C18H19BrN2O3S/c19-14-2-1-3-16(12-14)20-18(22)11-6-13-4-9-17(10-5-13)25(23,24)21-15-7-8-15/h1-5,9-10,12,15,21H,6-8,11H2,(H,20,22). The Morgan fingerprint density at radius 3 is 2.48 bits per heavy atom. The molecule has 3 rings (SSSR count). The number of halogens is 1. The van der Waals surface area contributed by atoms with Crippen molar-refractivity contribution >= 4 is 37.5 Å². The first-order valence-electron chi connectivity index (χ1n) is 8.09. The van der Waals surface area contributed by atoms with Gasteiger partial charge >= 0.3 is 0 Å². The third kappa shape index (κ3) is 5.39. The van der Waals surface area contributed by atoms with E-state index in [1.54, 1.807) is 24.3 Å². The van der Waals surface area contributed by atoms with Gasteiger partial charge in [-0.15, -0.1) is 0 Å². The topological polar surface area (TPSA) is 75.3 Å². The first kappa shape index (κ1) is 18.1.